The minimum absolute atomic E-state index is 0.0606. The third-order valence-electron chi connectivity index (χ3n) is 11.9. The third kappa shape index (κ3) is 8.99. The third-order valence-corrected chi connectivity index (χ3v) is 11.9. The molecule has 0 aliphatic heterocycles. The van der Waals surface area contributed by atoms with E-state index in [0.29, 0.717) is 11.8 Å². The smallest absolute Gasteiger partial charge is 0.0316 e. The van der Waals surface area contributed by atoms with E-state index in [-0.39, 0.29) is 5.41 Å². The molecule has 1 fully saturated rings. The predicted molar refractivity (Wildman–Crippen MR) is 214 cm³/mol. The van der Waals surface area contributed by atoms with Crippen LogP contribution in [0.3, 0.4) is 0 Å². The lowest BCUT2D eigenvalue weighted by Crippen LogP contribution is -2.32. The molecule has 2 nitrogen and oxygen atoms in total. The molecule has 0 aromatic heterocycles. The lowest BCUT2D eigenvalue weighted by atomic mass is 9.63. The van der Waals surface area contributed by atoms with Crippen molar-refractivity contribution in [1.82, 2.24) is 0 Å². The molecule has 2 unspecified atom stereocenters. The first-order valence-corrected chi connectivity index (χ1v) is 19.7. The fourth-order valence-electron chi connectivity index (χ4n) is 8.80. The van der Waals surface area contributed by atoms with Crippen LogP contribution in [0.25, 0.3) is 0 Å². The summed E-state index contributed by atoms with van der Waals surface area (Å²) in [6, 6.07) is 32.8. The minimum atomic E-state index is 0.0606. The van der Waals surface area contributed by atoms with Crippen molar-refractivity contribution in [2.24, 2.45) is 5.92 Å². The van der Waals surface area contributed by atoms with Gasteiger partial charge in [-0.15, -0.1) is 0 Å². The summed E-state index contributed by atoms with van der Waals surface area (Å²) >= 11 is 0. The Morgan fingerprint density at radius 3 is 1.35 bits per heavy atom. The van der Waals surface area contributed by atoms with Crippen molar-refractivity contribution in [3.63, 3.8) is 0 Å². The Morgan fingerprint density at radius 1 is 0.571 bits per heavy atom. The normalized spacial score (nSPS) is 19.1. The summed E-state index contributed by atoms with van der Waals surface area (Å²) in [5, 5.41) is 0. The van der Waals surface area contributed by atoms with E-state index < -0.39 is 0 Å². The van der Waals surface area contributed by atoms with Crippen molar-refractivity contribution in [3.05, 3.63) is 129 Å². The van der Waals surface area contributed by atoms with E-state index in [1.165, 1.54) is 134 Å². The molecule has 1 saturated carbocycles. The van der Waals surface area contributed by atoms with E-state index in [1.807, 2.05) is 0 Å². The van der Waals surface area contributed by atoms with E-state index >= 15 is 0 Å². The monoisotopic (exact) mass is 657 g/mol. The van der Waals surface area contributed by atoms with Gasteiger partial charge in [0.2, 0.25) is 0 Å². The van der Waals surface area contributed by atoms with Gasteiger partial charge in [-0.1, -0.05) is 133 Å². The average Bonchev–Trinajstić information content (AvgIpc) is 3.10. The minimum Gasteiger partial charge on any atom is -0.399 e. The molecule has 0 radical (unpaired) electrons. The molecule has 0 amide bonds. The van der Waals surface area contributed by atoms with Crippen molar-refractivity contribution in [3.8, 4) is 0 Å². The van der Waals surface area contributed by atoms with E-state index in [0.717, 1.165) is 17.3 Å². The van der Waals surface area contributed by atoms with Crippen LogP contribution in [0.1, 0.15) is 167 Å². The van der Waals surface area contributed by atoms with Crippen LogP contribution in [0, 0.1) is 19.8 Å². The van der Waals surface area contributed by atoms with Gasteiger partial charge in [-0.3, -0.25) is 0 Å². The molecule has 49 heavy (non-hydrogen) atoms. The maximum Gasteiger partial charge on any atom is 0.0316 e. The summed E-state index contributed by atoms with van der Waals surface area (Å²) in [5.74, 6) is 1.59. The van der Waals surface area contributed by atoms with Gasteiger partial charge >= 0.3 is 0 Å². The lowest BCUT2D eigenvalue weighted by molar-refractivity contribution is 0.280. The van der Waals surface area contributed by atoms with Crippen LogP contribution in [-0.4, -0.2) is 0 Å². The number of nitrogens with two attached hydrogens (primary N) is 2. The SMILES string of the molecule is CCCCCCC(c1ccc(C2(c3ccc(C(CCCCCC)c4ccc(N)cc4C)cc3)CCC(C)CC2)cc1)c1ccc(N)cc1C. The standard InChI is InChI=1S/C47H64N2/c1-6-8-10-12-14-45(43-26-24-41(48)32-35(43)4)37-16-20-39(21-17-37)47(30-28-34(3)29-31-47)40-22-18-38(19-23-40)46(15-13-11-9-7-2)44-27-25-42(49)33-36(44)5/h16-27,32-34,45-46H,6-15,28-31,48-49H2,1-5H3. The Bertz CT molecular complexity index is 1480. The molecule has 1 aliphatic carbocycles. The largest absolute Gasteiger partial charge is 0.399 e. The maximum absolute atomic E-state index is 6.18. The van der Waals surface area contributed by atoms with Gasteiger partial charge in [0.25, 0.3) is 0 Å². The molecule has 2 heteroatoms. The molecular formula is C47H64N2. The molecule has 2 atom stereocenters. The second-order valence-electron chi connectivity index (χ2n) is 15.5. The number of anilines is 2. The molecule has 4 aromatic rings. The van der Waals surface area contributed by atoms with Gasteiger partial charge in [0, 0.05) is 28.6 Å². The van der Waals surface area contributed by atoms with Gasteiger partial charge in [0.15, 0.2) is 0 Å². The van der Waals surface area contributed by atoms with E-state index in [4.69, 9.17) is 11.5 Å². The highest BCUT2D eigenvalue weighted by atomic mass is 14.5. The predicted octanol–water partition coefficient (Wildman–Crippen LogP) is 13.2. The molecular weight excluding hydrogens is 593 g/mol. The van der Waals surface area contributed by atoms with Crippen molar-refractivity contribution >= 4 is 11.4 Å². The van der Waals surface area contributed by atoms with E-state index in [9.17, 15) is 0 Å². The quantitative estimate of drug-likeness (QED) is 0.0931. The molecule has 262 valence electrons. The fraction of sp³-hybridized carbons (Fsp3) is 0.489. The summed E-state index contributed by atoms with van der Waals surface area (Å²) in [5.41, 5.74) is 25.4. The van der Waals surface area contributed by atoms with Crippen LogP contribution in [0.2, 0.25) is 0 Å². The number of benzene rings is 4. The number of hydrogen-bond acceptors (Lipinski definition) is 2. The van der Waals surface area contributed by atoms with Crippen LogP contribution in [0.5, 0.6) is 0 Å². The highest BCUT2D eigenvalue weighted by molar-refractivity contribution is 5.51. The summed E-state index contributed by atoms with van der Waals surface area (Å²) in [6.45, 7) is 11.5. The molecule has 0 spiro atoms. The Balaban J connectivity index is 1.46. The van der Waals surface area contributed by atoms with Crippen LogP contribution >= 0.6 is 0 Å². The van der Waals surface area contributed by atoms with E-state index in [1.54, 1.807) is 0 Å². The Morgan fingerprint density at radius 2 is 0.980 bits per heavy atom. The number of hydrogen-bond donors (Lipinski definition) is 2. The Kier molecular flexibility index (Phi) is 13.1. The number of unbranched alkanes of at least 4 members (excludes halogenated alkanes) is 6. The van der Waals surface area contributed by atoms with Crippen molar-refractivity contribution in [1.29, 1.82) is 0 Å². The summed E-state index contributed by atoms with van der Waals surface area (Å²) in [7, 11) is 0. The van der Waals surface area contributed by atoms with Crippen LogP contribution in [0.4, 0.5) is 11.4 Å². The van der Waals surface area contributed by atoms with Crippen LogP contribution in [-0.2, 0) is 5.41 Å². The zero-order valence-electron chi connectivity index (χ0n) is 31.4. The first-order valence-electron chi connectivity index (χ1n) is 19.7. The van der Waals surface area contributed by atoms with Crippen LogP contribution < -0.4 is 11.5 Å². The van der Waals surface area contributed by atoms with Gasteiger partial charge < -0.3 is 11.5 Å². The molecule has 0 bridgehead atoms. The number of nitrogen functional groups attached to an aromatic ring is 2. The maximum atomic E-state index is 6.18. The number of rotatable bonds is 16. The average molecular weight is 657 g/mol. The Labute approximate surface area is 299 Å². The second kappa shape index (κ2) is 17.4. The summed E-state index contributed by atoms with van der Waals surface area (Å²) < 4.78 is 0. The summed E-state index contributed by atoms with van der Waals surface area (Å²) in [6.07, 6.45) is 17.6. The van der Waals surface area contributed by atoms with Gasteiger partial charge in [-0.05, 0) is 127 Å². The van der Waals surface area contributed by atoms with Gasteiger partial charge in [-0.25, -0.2) is 0 Å². The molecule has 4 aromatic carbocycles. The highest BCUT2D eigenvalue weighted by Gasteiger charge is 2.37. The second-order valence-corrected chi connectivity index (χ2v) is 15.5. The first kappa shape index (κ1) is 36.8. The molecule has 0 heterocycles. The van der Waals surface area contributed by atoms with E-state index in [2.05, 4.69) is 120 Å². The van der Waals surface area contributed by atoms with Crippen LogP contribution in [0.15, 0.2) is 84.9 Å². The van der Waals surface area contributed by atoms with Crippen molar-refractivity contribution < 1.29 is 0 Å². The molecule has 4 N–H and O–H groups in total. The lowest BCUT2D eigenvalue weighted by Gasteiger charge is -2.41. The Hall–Kier alpha value is -3.52. The highest BCUT2D eigenvalue weighted by Crippen LogP contribution is 2.47. The zero-order chi connectivity index (χ0) is 34.8. The fourth-order valence-corrected chi connectivity index (χ4v) is 8.80. The zero-order valence-corrected chi connectivity index (χ0v) is 31.4. The topological polar surface area (TPSA) is 52.0 Å². The van der Waals surface area contributed by atoms with Gasteiger partial charge in [0.1, 0.15) is 0 Å². The number of aryl methyl sites for hydroxylation is 2. The molecule has 0 saturated heterocycles. The summed E-state index contributed by atoms with van der Waals surface area (Å²) in [4.78, 5) is 0. The van der Waals surface area contributed by atoms with Crippen molar-refractivity contribution in [2.75, 3.05) is 11.5 Å². The molecule has 1 aliphatic rings. The van der Waals surface area contributed by atoms with Gasteiger partial charge in [-0.2, -0.15) is 0 Å². The molecule has 5 rings (SSSR count). The van der Waals surface area contributed by atoms with Crippen molar-refractivity contribution in [2.45, 2.75) is 142 Å². The first-order chi connectivity index (χ1) is 23.8. The van der Waals surface area contributed by atoms with Gasteiger partial charge in [0.05, 0.1) is 0 Å².